The number of hydrogen-bond acceptors (Lipinski definition) is 3. The molecule has 1 unspecified atom stereocenters. The predicted octanol–water partition coefficient (Wildman–Crippen LogP) is 2.24. The van der Waals surface area contributed by atoms with Gasteiger partial charge in [-0.05, 0) is 12.0 Å². The van der Waals surface area contributed by atoms with Crippen molar-refractivity contribution < 1.29 is 9.53 Å². The van der Waals surface area contributed by atoms with Crippen molar-refractivity contribution in [3.05, 3.63) is 48.6 Å². The molecule has 0 saturated heterocycles. The third-order valence-corrected chi connectivity index (χ3v) is 2.88. The predicted molar refractivity (Wildman–Crippen MR) is 68.6 cm³/mol. The topological polar surface area (TPSA) is 38.3 Å². The van der Waals surface area contributed by atoms with E-state index < -0.39 is 5.54 Å². The molecule has 1 rings (SSSR count). The van der Waals surface area contributed by atoms with Gasteiger partial charge in [-0.2, -0.15) is 0 Å². The van der Waals surface area contributed by atoms with Gasteiger partial charge in [-0.1, -0.05) is 43.3 Å². The fraction of sp³-hybridized carbons (Fsp3) is 0.357. The third kappa shape index (κ3) is 2.74. The number of hydrogen-bond donors (Lipinski definition) is 1. The third-order valence-electron chi connectivity index (χ3n) is 2.88. The summed E-state index contributed by atoms with van der Waals surface area (Å²) >= 11 is 0. The quantitative estimate of drug-likeness (QED) is 0.605. The van der Waals surface area contributed by atoms with E-state index in [0.717, 1.165) is 5.56 Å². The highest BCUT2D eigenvalue weighted by molar-refractivity contribution is 5.82. The van der Waals surface area contributed by atoms with E-state index in [2.05, 4.69) is 11.9 Å². The van der Waals surface area contributed by atoms with E-state index in [0.29, 0.717) is 13.0 Å². The molecule has 0 aliphatic heterocycles. The summed E-state index contributed by atoms with van der Waals surface area (Å²) < 4.78 is 4.92. The van der Waals surface area contributed by atoms with Crippen molar-refractivity contribution in [1.82, 2.24) is 5.32 Å². The smallest absolute Gasteiger partial charge is 0.330 e. The Bertz CT molecular complexity index is 375. The van der Waals surface area contributed by atoms with Gasteiger partial charge in [-0.15, -0.1) is 6.58 Å². The molecular weight excluding hydrogens is 214 g/mol. The Morgan fingerprint density at radius 2 is 2.12 bits per heavy atom. The van der Waals surface area contributed by atoms with Crippen LogP contribution >= 0.6 is 0 Å². The molecule has 3 nitrogen and oxygen atoms in total. The fourth-order valence-corrected chi connectivity index (χ4v) is 1.91. The van der Waals surface area contributed by atoms with Crippen molar-refractivity contribution >= 4 is 5.97 Å². The molecule has 0 saturated carbocycles. The molecule has 0 spiro atoms. The molecule has 1 aromatic carbocycles. The minimum atomic E-state index is -0.788. The molecule has 0 aromatic heterocycles. The van der Waals surface area contributed by atoms with Crippen LogP contribution < -0.4 is 5.32 Å². The van der Waals surface area contributed by atoms with Gasteiger partial charge in [0.05, 0.1) is 7.11 Å². The molecule has 0 amide bonds. The number of benzene rings is 1. The lowest BCUT2D eigenvalue weighted by molar-refractivity contribution is -0.149. The molecule has 0 aliphatic carbocycles. The van der Waals surface area contributed by atoms with E-state index in [9.17, 15) is 4.79 Å². The van der Waals surface area contributed by atoms with Gasteiger partial charge >= 0.3 is 5.97 Å². The monoisotopic (exact) mass is 233 g/mol. The van der Waals surface area contributed by atoms with E-state index in [1.165, 1.54) is 7.11 Å². The number of ether oxygens (including phenoxy) is 1. The zero-order chi connectivity index (χ0) is 12.7. The molecular formula is C14H19NO2. The van der Waals surface area contributed by atoms with Crippen molar-refractivity contribution in [2.45, 2.75) is 18.9 Å². The summed E-state index contributed by atoms with van der Waals surface area (Å²) in [4.78, 5) is 12.1. The van der Waals surface area contributed by atoms with Crippen LogP contribution in [0.5, 0.6) is 0 Å². The first-order valence-corrected chi connectivity index (χ1v) is 5.71. The molecule has 92 valence electrons. The van der Waals surface area contributed by atoms with Gasteiger partial charge in [0.15, 0.2) is 0 Å². The van der Waals surface area contributed by atoms with Crippen LogP contribution in [0, 0.1) is 0 Å². The van der Waals surface area contributed by atoms with Crippen LogP contribution in [-0.2, 0) is 15.1 Å². The summed E-state index contributed by atoms with van der Waals surface area (Å²) in [6.07, 6.45) is 2.35. The van der Waals surface area contributed by atoms with Crippen molar-refractivity contribution in [2.75, 3.05) is 13.7 Å². The van der Waals surface area contributed by atoms with Crippen LogP contribution in [0.4, 0.5) is 0 Å². The van der Waals surface area contributed by atoms with E-state index >= 15 is 0 Å². The first-order chi connectivity index (χ1) is 8.21. The van der Waals surface area contributed by atoms with Gasteiger partial charge in [0, 0.05) is 6.54 Å². The molecule has 0 bridgehead atoms. The summed E-state index contributed by atoms with van der Waals surface area (Å²) in [5.74, 6) is -0.270. The molecule has 1 atom stereocenters. The van der Waals surface area contributed by atoms with Crippen LogP contribution in [0.15, 0.2) is 43.0 Å². The Hall–Kier alpha value is -1.61. The Morgan fingerprint density at radius 1 is 1.47 bits per heavy atom. The van der Waals surface area contributed by atoms with Crippen LogP contribution in [0.3, 0.4) is 0 Å². The van der Waals surface area contributed by atoms with Crippen LogP contribution in [0.1, 0.15) is 18.9 Å². The average Bonchev–Trinajstić information content (AvgIpc) is 2.41. The summed E-state index contributed by atoms with van der Waals surface area (Å²) in [6.45, 7) is 6.17. The zero-order valence-corrected chi connectivity index (χ0v) is 10.4. The molecule has 3 heteroatoms. The summed E-state index contributed by atoms with van der Waals surface area (Å²) in [5.41, 5.74) is 0.126. The van der Waals surface area contributed by atoms with E-state index in [1.54, 1.807) is 6.08 Å². The summed E-state index contributed by atoms with van der Waals surface area (Å²) in [6, 6.07) is 9.61. The minimum absolute atomic E-state index is 0.270. The average molecular weight is 233 g/mol. The number of rotatable bonds is 6. The maximum Gasteiger partial charge on any atom is 0.330 e. The van der Waals surface area contributed by atoms with Gasteiger partial charge in [0.1, 0.15) is 5.54 Å². The van der Waals surface area contributed by atoms with E-state index in [1.807, 2.05) is 37.3 Å². The Labute approximate surface area is 102 Å². The Balaban J connectivity index is 3.15. The largest absolute Gasteiger partial charge is 0.467 e. The second-order valence-corrected chi connectivity index (χ2v) is 3.79. The van der Waals surface area contributed by atoms with Crippen LogP contribution in [-0.4, -0.2) is 19.6 Å². The van der Waals surface area contributed by atoms with Crippen molar-refractivity contribution in [2.24, 2.45) is 0 Å². The highest BCUT2D eigenvalue weighted by atomic mass is 16.5. The SMILES string of the molecule is C=CCNC(CC)(C(=O)OC)c1ccccc1. The number of esters is 1. The maximum absolute atomic E-state index is 12.1. The molecule has 1 N–H and O–H groups in total. The lowest BCUT2D eigenvalue weighted by Gasteiger charge is -2.31. The van der Waals surface area contributed by atoms with Gasteiger partial charge in [-0.25, -0.2) is 4.79 Å². The highest BCUT2D eigenvalue weighted by Gasteiger charge is 2.38. The van der Waals surface area contributed by atoms with Crippen molar-refractivity contribution in [1.29, 1.82) is 0 Å². The van der Waals surface area contributed by atoms with Crippen molar-refractivity contribution in [3.63, 3.8) is 0 Å². The minimum Gasteiger partial charge on any atom is -0.467 e. The van der Waals surface area contributed by atoms with Crippen LogP contribution in [0.25, 0.3) is 0 Å². The van der Waals surface area contributed by atoms with Crippen molar-refractivity contribution in [3.8, 4) is 0 Å². The normalized spacial score (nSPS) is 13.8. The lowest BCUT2D eigenvalue weighted by atomic mass is 9.87. The van der Waals surface area contributed by atoms with E-state index in [4.69, 9.17) is 4.74 Å². The molecule has 0 radical (unpaired) electrons. The molecule has 17 heavy (non-hydrogen) atoms. The fourth-order valence-electron chi connectivity index (χ4n) is 1.91. The number of nitrogens with one attached hydrogen (secondary N) is 1. The van der Waals surface area contributed by atoms with Gasteiger partial charge in [0.2, 0.25) is 0 Å². The Kier molecular flexibility index (Phi) is 4.91. The standard InChI is InChI=1S/C14H19NO2/c1-4-11-15-14(5-2,13(16)17-3)12-9-7-6-8-10-12/h4,6-10,15H,1,5,11H2,2-3H3. The van der Waals surface area contributed by atoms with E-state index in [-0.39, 0.29) is 5.97 Å². The second-order valence-electron chi connectivity index (χ2n) is 3.79. The summed E-state index contributed by atoms with van der Waals surface area (Å²) in [7, 11) is 1.41. The zero-order valence-electron chi connectivity index (χ0n) is 10.4. The van der Waals surface area contributed by atoms with Gasteiger partial charge in [0.25, 0.3) is 0 Å². The molecule has 0 heterocycles. The molecule has 0 fully saturated rings. The summed E-state index contributed by atoms with van der Waals surface area (Å²) in [5, 5.41) is 3.21. The highest BCUT2D eigenvalue weighted by Crippen LogP contribution is 2.26. The first kappa shape index (κ1) is 13.5. The number of carbonyl (C=O) groups is 1. The van der Waals surface area contributed by atoms with Gasteiger partial charge in [-0.3, -0.25) is 5.32 Å². The first-order valence-electron chi connectivity index (χ1n) is 5.71. The number of carbonyl (C=O) groups excluding carboxylic acids is 1. The second kappa shape index (κ2) is 6.21. The molecule has 0 aliphatic rings. The maximum atomic E-state index is 12.1. The molecule has 1 aromatic rings. The lowest BCUT2D eigenvalue weighted by Crippen LogP contribution is -2.49. The van der Waals surface area contributed by atoms with Crippen LogP contribution in [0.2, 0.25) is 0 Å². The van der Waals surface area contributed by atoms with Gasteiger partial charge < -0.3 is 4.74 Å². The Morgan fingerprint density at radius 3 is 2.59 bits per heavy atom. The number of methoxy groups -OCH3 is 1.